The molecule has 2 aliphatic heterocycles. The van der Waals surface area contributed by atoms with Crippen LogP contribution in [0.25, 0.3) is 0 Å². The first-order valence-corrected chi connectivity index (χ1v) is 23.8. The number of aromatic hydroxyl groups is 1. The molecule has 0 spiro atoms. The van der Waals surface area contributed by atoms with Gasteiger partial charge in [0.2, 0.25) is 0 Å². The summed E-state index contributed by atoms with van der Waals surface area (Å²) in [5, 5.41) is 10.6. The van der Waals surface area contributed by atoms with Gasteiger partial charge in [0.15, 0.2) is 36.6 Å². The van der Waals surface area contributed by atoms with Gasteiger partial charge in [0.1, 0.15) is 23.7 Å². The zero-order valence-corrected chi connectivity index (χ0v) is 42.5. The van der Waals surface area contributed by atoms with Crippen molar-refractivity contribution in [1.82, 2.24) is 0 Å². The number of hydrogen-bond acceptors (Lipinski definition) is 16. The Morgan fingerprint density at radius 3 is 1.13 bits per heavy atom. The maximum Gasteiger partial charge on any atom is 0.303 e. The first kappa shape index (κ1) is 55.7. The molecule has 0 aliphatic carbocycles. The van der Waals surface area contributed by atoms with Gasteiger partial charge >= 0.3 is 35.8 Å². The topological polar surface area (TPSA) is 206 Å². The van der Waals surface area contributed by atoms with Crippen molar-refractivity contribution in [3.63, 3.8) is 0 Å². The van der Waals surface area contributed by atoms with Crippen molar-refractivity contribution in [3.8, 4) is 11.5 Å². The molecule has 1 N–H and O–H groups in total. The Hall–Kier alpha value is -6.20. The summed E-state index contributed by atoms with van der Waals surface area (Å²) in [5.41, 5.74) is 4.93. The predicted molar refractivity (Wildman–Crippen MR) is 259 cm³/mol. The van der Waals surface area contributed by atoms with Gasteiger partial charge in [0, 0.05) is 51.6 Å². The molecular weight excluding hydrogens is 963 g/mol. The van der Waals surface area contributed by atoms with Gasteiger partial charge in [-0.3, -0.25) is 28.8 Å². The van der Waals surface area contributed by atoms with Crippen LogP contribution < -0.4 is 4.74 Å². The van der Waals surface area contributed by atoms with E-state index in [-0.39, 0.29) is 5.75 Å². The SMILES string of the molecule is CC[C@H]1O[C@@H](c2ccc(Cl)c(Cc3ccc(O)cc3)c2)[C@H](OC(C)=O)[C@@H](OC(C)=O)[C@@H]1OC(C)=O.CC[C@H]1O[C@@H](c2ccc(Cl)c(Cc3ccc(OC)cc3)c2)[C@H](OC(C)=O)[C@@H](OC(C)=O)[C@@H]1OC(C)=O. The number of methoxy groups -OCH3 is 1. The second-order valence-corrected chi connectivity index (χ2v) is 17.8. The van der Waals surface area contributed by atoms with Crippen molar-refractivity contribution in [2.45, 2.75) is 142 Å². The van der Waals surface area contributed by atoms with Crippen molar-refractivity contribution in [2.75, 3.05) is 7.11 Å². The lowest BCUT2D eigenvalue weighted by atomic mass is 9.88. The number of hydrogen-bond donors (Lipinski definition) is 1. The number of rotatable bonds is 15. The van der Waals surface area contributed by atoms with E-state index in [4.69, 9.17) is 65.8 Å². The van der Waals surface area contributed by atoms with Crippen LogP contribution in [0.15, 0.2) is 84.9 Å². The zero-order valence-electron chi connectivity index (χ0n) is 41.0. The minimum absolute atomic E-state index is 0.165. The second-order valence-electron chi connectivity index (χ2n) is 17.0. The maximum absolute atomic E-state index is 12.1. The Morgan fingerprint density at radius 1 is 0.479 bits per heavy atom. The smallest absolute Gasteiger partial charge is 0.303 e. The summed E-state index contributed by atoms with van der Waals surface area (Å²) in [4.78, 5) is 71.7. The van der Waals surface area contributed by atoms with E-state index < -0.39 is 96.9 Å². The monoisotopic (exact) mass is 1020 g/mol. The number of esters is 6. The molecule has 382 valence electrons. The fraction of sp³-hybridized carbons (Fsp3) is 0.434. The molecule has 0 saturated carbocycles. The number of phenolic OH excluding ortho intramolecular Hbond substituents is 1. The third kappa shape index (κ3) is 15.4. The van der Waals surface area contributed by atoms with Crippen LogP contribution in [0.5, 0.6) is 11.5 Å². The number of ether oxygens (including phenoxy) is 9. The number of benzene rings is 4. The molecule has 0 unspecified atom stereocenters. The van der Waals surface area contributed by atoms with Crippen LogP contribution in [0.1, 0.15) is 114 Å². The summed E-state index contributed by atoms with van der Waals surface area (Å²) >= 11 is 13.0. The molecule has 6 rings (SSSR count). The summed E-state index contributed by atoms with van der Waals surface area (Å²) in [6, 6.07) is 25.2. The van der Waals surface area contributed by atoms with E-state index in [1.54, 1.807) is 55.6 Å². The van der Waals surface area contributed by atoms with Gasteiger partial charge < -0.3 is 47.7 Å². The van der Waals surface area contributed by atoms with E-state index in [1.807, 2.05) is 50.2 Å². The molecule has 10 atom stereocenters. The van der Waals surface area contributed by atoms with Gasteiger partial charge in [-0.05, 0) is 95.5 Å². The highest BCUT2D eigenvalue weighted by Gasteiger charge is 2.53. The molecule has 2 fully saturated rings. The quantitative estimate of drug-likeness (QED) is 0.0872. The van der Waals surface area contributed by atoms with Crippen LogP contribution in [0.3, 0.4) is 0 Å². The summed E-state index contributed by atoms with van der Waals surface area (Å²) in [6.07, 6.45) is -7.00. The maximum atomic E-state index is 12.1. The predicted octanol–water partition coefficient (Wildman–Crippen LogP) is 8.87. The minimum Gasteiger partial charge on any atom is -0.508 e. The van der Waals surface area contributed by atoms with Crippen molar-refractivity contribution < 1.29 is 76.5 Å². The number of carbonyl (C=O) groups is 6. The summed E-state index contributed by atoms with van der Waals surface area (Å²) < 4.78 is 51.1. The standard InChI is InChI=1S/C27H31ClO8.C26H29ClO8/c1-6-23-25(33-15(2)29)27(35-17(4)31)26(34-16(3)30)24(36-23)19-9-12-22(28)20(14-19)13-18-7-10-21(32-5)11-8-18;1-5-22-24(32-14(2)28)26(34-16(4)30)25(33-15(3)29)23(35-22)18-8-11-21(27)19(13-18)12-17-6-9-20(31)10-7-17/h7-12,14,23-27H,6,13H2,1-5H3;6-11,13,22-26,31H,5,12H2,1-4H3/t23-,24+,25-,26+,27+;22-,23+,24-,25+,26+/m11/s1. The van der Waals surface area contributed by atoms with E-state index in [1.165, 1.54) is 41.5 Å². The van der Waals surface area contributed by atoms with E-state index >= 15 is 0 Å². The molecule has 0 aromatic heterocycles. The minimum atomic E-state index is -1.07. The van der Waals surface area contributed by atoms with Crippen molar-refractivity contribution in [3.05, 3.63) is 128 Å². The average Bonchev–Trinajstić information content (AvgIpc) is 3.30. The van der Waals surface area contributed by atoms with Crippen LogP contribution in [-0.2, 0) is 79.5 Å². The molecule has 2 aliphatic rings. The highest BCUT2D eigenvalue weighted by Crippen LogP contribution is 2.41. The van der Waals surface area contributed by atoms with Crippen LogP contribution in [-0.4, -0.2) is 96.9 Å². The zero-order chi connectivity index (χ0) is 52.1. The number of phenols is 1. The highest BCUT2D eigenvalue weighted by molar-refractivity contribution is 6.31. The lowest BCUT2D eigenvalue weighted by Crippen LogP contribution is -2.58. The molecule has 0 bridgehead atoms. The highest BCUT2D eigenvalue weighted by atomic mass is 35.5. The molecule has 0 radical (unpaired) electrons. The molecule has 0 amide bonds. The molecule has 71 heavy (non-hydrogen) atoms. The van der Waals surface area contributed by atoms with E-state index in [9.17, 15) is 33.9 Å². The Kier molecular flexibility index (Phi) is 20.2. The summed E-state index contributed by atoms with van der Waals surface area (Å²) in [7, 11) is 1.61. The van der Waals surface area contributed by atoms with Crippen molar-refractivity contribution in [2.24, 2.45) is 0 Å². The van der Waals surface area contributed by atoms with Crippen LogP contribution >= 0.6 is 23.2 Å². The Morgan fingerprint density at radius 2 is 0.803 bits per heavy atom. The van der Waals surface area contributed by atoms with Crippen LogP contribution in [0.2, 0.25) is 10.0 Å². The summed E-state index contributed by atoms with van der Waals surface area (Å²) in [5.74, 6) is -2.61. The molecule has 2 saturated heterocycles. The number of halogens is 2. The van der Waals surface area contributed by atoms with E-state index in [0.29, 0.717) is 46.9 Å². The largest absolute Gasteiger partial charge is 0.508 e. The van der Waals surface area contributed by atoms with Gasteiger partial charge in [0.05, 0.1) is 19.3 Å². The second kappa shape index (κ2) is 25.8. The molecule has 18 heteroatoms. The normalized spacial score (nSPS) is 23.6. The Labute approximate surface area is 423 Å². The third-order valence-electron chi connectivity index (χ3n) is 11.6. The first-order valence-electron chi connectivity index (χ1n) is 23.0. The molecule has 2 heterocycles. The first-order chi connectivity index (χ1) is 33.7. The van der Waals surface area contributed by atoms with Gasteiger partial charge in [-0.1, -0.05) is 85.6 Å². The fourth-order valence-corrected chi connectivity index (χ4v) is 8.96. The van der Waals surface area contributed by atoms with E-state index in [0.717, 1.165) is 28.0 Å². The molecule has 4 aromatic carbocycles. The van der Waals surface area contributed by atoms with Gasteiger partial charge in [0.25, 0.3) is 0 Å². The molecule has 4 aromatic rings. The van der Waals surface area contributed by atoms with Gasteiger partial charge in [-0.15, -0.1) is 0 Å². The van der Waals surface area contributed by atoms with Gasteiger partial charge in [-0.25, -0.2) is 0 Å². The average molecular weight is 1020 g/mol. The van der Waals surface area contributed by atoms with E-state index in [2.05, 4.69) is 0 Å². The summed E-state index contributed by atoms with van der Waals surface area (Å²) in [6.45, 7) is 11.2. The Balaban J connectivity index is 0.000000264. The Bertz CT molecular complexity index is 2500. The molecule has 16 nitrogen and oxygen atoms in total. The lowest BCUT2D eigenvalue weighted by Gasteiger charge is -2.44. The van der Waals surface area contributed by atoms with Crippen LogP contribution in [0.4, 0.5) is 0 Å². The number of carbonyl (C=O) groups excluding carboxylic acids is 6. The fourth-order valence-electron chi connectivity index (χ4n) is 8.59. The third-order valence-corrected chi connectivity index (χ3v) is 12.3. The van der Waals surface area contributed by atoms with Gasteiger partial charge in [-0.2, -0.15) is 0 Å². The lowest BCUT2D eigenvalue weighted by molar-refractivity contribution is -0.249. The van der Waals surface area contributed by atoms with Crippen LogP contribution in [0, 0.1) is 0 Å². The molecular formula is C53H60Cl2O16. The van der Waals surface area contributed by atoms with Crippen molar-refractivity contribution in [1.29, 1.82) is 0 Å². The van der Waals surface area contributed by atoms with Crippen molar-refractivity contribution >= 4 is 59.0 Å².